The predicted octanol–water partition coefficient (Wildman–Crippen LogP) is 18.6. The summed E-state index contributed by atoms with van der Waals surface area (Å²) in [5, 5.41) is 4.16. The van der Waals surface area contributed by atoms with E-state index in [2.05, 4.69) is 245 Å². The van der Waals surface area contributed by atoms with Gasteiger partial charge in [0.15, 0.2) is 0 Å². The number of furan rings is 2. The number of hydrogen-bond donors (Lipinski definition) is 0. The van der Waals surface area contributed by atoms with Crippen LogP contribution in [0.5, 0.6) is 0 Å². The van der Waals surface area contributed by atoms with Gasteiger partial charge in [-0.3, -0.25) is 0 Å². The Balaban J connectivity index is 0.978. The molecular formula is C66H47NO2. The largest absolute Gasteiger partial charge is 0.456 e. The Bertz CT molecular complexity index is 3910. The maximum absolute atomic E-state index is 6.97. The van der Waals surface area contributed by atoms with Crippen LogP contribution in [0, 0.1) is 0 Å². The van der Waals surface area contributed by atoms with E-state index in [9.17, 15) is 0 Å². The minimum Gasteiger partial charge on any atom is -0.456 e. The summed E-state index contributed by atoms with van der Waals surface area (Å²) in [6.45, 7) is 9.43. The van der Waals surface area contributed by atoms with E-state index in [-0.39, 0.29) is 10.8 Å². The van der Waals surface area contributed by atoms with Crippen LogP contribution in [0.4, 0.5) is 17.1 Å². The highest BCUT2D eigenvalue weighted by Gasteiger charge is 2.38. The van der Waals surface area contributed by atoms with Crippen molar-refractivity contribution >= 4 is 60.9 Å². The average Bonchev–Trinajstić information content (AvgIpc) is 4.08. The van der Waals surface area contributed by atoms with Crippen molar-refractivity contribution in [3.05, 3.63) is 235 Å². The van der Waals surface area contributed by atoms with Crippen molar-refractivity contribution in [2.75, 3.05) is 4.90 Å². The first-order chi connectivity index (χ1) is 33.7. The van der Waals surface area contributed by atoms with Gasteiger partial charge in [-0.25, -0.2) is 0 Å². The van der Waals surface area contributed by atoms with Gasteiger partial charge in [-0.1, -0.05) is 167 Å². The zero-order valence-corrected chi connectivity index (χ0v) is 39.0. The third-order valence-electron chi connectivity index (χ3n) is 15.4. The van der Waals surface area contributed by atoms with Crippen LogP contribution in [-0.2, 0) is 10.8 Å². The van der Waals surface area contributed by atoms with Crippen LogP contribution >= 0.6 is 0 Å². The fourth-order valence-corrected chi connectivity index (χ4v) is 12.0. The fourth-order valence-electron chi connectivity index (χ4n) is 12.0. The van der Waals surface area contributed by atoms with Gasteiger partial charge < -0.3 is 13.7 Å². The van der Waals surface area contributed by atoms with Crippen LogP contribution < -0.4 is 4.90 Å². The van der Waals surface area contributed by atoms with Crippen molar-refractivity contribution < 1.29 is 8.83 Å². The molecule has 0 amide bonds. The maximum atomic E-state index is 6.97. The van der Waals surface area contributed by atoms with E-state index in [4.69, 9.17) is 8.83 Å². The third-order valence-corrected chi connectivity index (χ3v) is 15.4. The van der Waals surface area contributed by atoms with Crippen LogP contribution in [0.3, 0.4) is 0 Å². The monoisotopic (exact) mass is 885 g/mol. The molecule has 0 N–H and O–H groups in total. The molecule has 3 heteroatoms. The van der Waals surface area contributed by atoms with Gasteiger partial charge in [-0.2, -0.15) is 0 Å². The molecule has 2 aromatic heterocycles. The van der Waals surface area contributed by atoms with E-state index in [0.29, 0.717) is 0 Å². The molecular weight excluding hydrogens is 839 g/mol. The van der Waals surface area contributed by atoms with Crippen molar-refractivity contribution in [2.45, 2.75) is 38.5 Å². The molecule has 10 aromatic carbocycles. The molecule has 2 aliphatic rings. The summed E-state index contributed by atoms with van der Waals surface area (Å²) < 4.78 is 13.9. The number of rotatable bonds is 6. The lowest BCUT2D eigenvalue weighted by Gasteiger charge is -2.30. The number of benzene rings is 10. The van der Waals surface area contributed by atoms with Crippen molar-refractivity contribution in [1.29, 1.82) is 0 Å². The molecule has 0 aliphatic heterocycles. The SMILES string of the molecule is CC1(C)c2ccccc2-c2ccc(N(c3ccc4c(c3)C(C)(C)c3ccccc3-4)c3cccc4oc5cc6c(cc5c34)oc3cccc(-c4cc(-c5ccccc5)cc(-c5ccccc5)c4)c36)cc21. The van der Waals surface area contributed by atoms with Gasteiger partial charge in [0.1, 0.15) is 22.3 Å². The van der Waals surface area contributed by atoms with E-state index in [1.54, 1.807) is 0 Å². The van der Waals surface area contributed by atoms with E-state index >= 15 is 0 Å². The molecule has 12 aromatic rings. The van der Waals surface area contributed by atoms with Gasteiger partial charge in [0, 0.05) is 38.4 Å². The molecule has 0 saturated carbocycles. The Hall–Kier alpha value is -8.40. The summed E-state index contributed by atoms with van der Waals surface area (Å²) in [6.07, 6.45) is 0. The van der Waals surface area contributed by atoms with Gasteiger partial charge in [0.05, 0.1) is 11.1 Å². The van der Waals surface area contributed by atoms with Gasteiger partial charge >= 0.3 is 0 Å². The van der Waals surface area contributed by atoms with E-state index in [0.717, 1.165) is 72.1 Å². The summed E-state index contributed by atoms with van der Waals surface area (Å²) >= 11 is 0. The van der Waals surface area contributed by atoms with Gasteiger partial charge in [0.25, 0.3) is 0 Å². The average molecular weight is 886 g/mol. The van der Waals surface area contributed by atoms with Crippen molar-refractivity contribution in [2.24, 2.45) is 0 Å². The number of anilines is 3. The standard InChI is InChI=1S/C66H47NO2/c1-65(2)54-24-13-11-21-48(54)50-31-29-45(36-56(50)65)67(46-30-32-51-49-22-12-14-25-55(49)66(3,4)57(51)37-46)58-26-16-28-60-64(58)53-39-61-52(38-62(53)69-60)63-47(23-15-27-59(63)68-61)44-34-42(40-17-7-5-8-18-40)33-43(35-44)41-19-9-6-10-20-41/h5-39H,1-4H3. The summed E-state index contributed by atoms with van der Waals surface area (Å²) in [7, 11) is 0. The van der Waals surface area contributed by atoms with Gasteiger partial charge in [-0.15, -0.1) is 0 Å². The van der Waals surface area contributed by atoms with Crippen LogP contribution in [0.15, 0.2) is 221 Å². The number of fused-ring (bicyclic) bond motifs is 12. The molecule has 3 nitrogen and oxygen atoms in total. The van der Waals surface area contributed by atoms with Crippen molar-refractivity contribution in [3.63, 3.8) is 0 Å². The molecule has 0 bridgehead atoms. The molecule has 2 heterocycles. The Morgan fingerprint density at radius 2 is 0.739 bits per heavy atom. The summed E-state index contributed by atoms with van der Waals surface area (Å²) in [5.41, 5.74) is 23.8. The van der Waals surface area contributed by atoms with Gasteiger partial charge in [0.2, 0.25) is 0 Å². The molecule has 328 valence electrons. The number of hydrogen-bond acceptors (Lipinski definition) is 3. The topological polar surface area (TPSA) is 29.5 Å². The first-order valence-corrected chi connectivity index (χ1v) is 24.1. The molecule has 0 spiro atoms. The van der Waals surface area contributed by atoms with Crippen LogP contribution in [0.25, 0.3) is 99.5 Å². The van der Waals surface area contributed by atoms with E-state index in [1.165, 1.54) is 66.8 Å². The Morgan fingerprint density at radius 3 is 1.29 bits per heavy atom. The number of nitrogens with zero attached hydrogens (tertiary/aromatic N) is 1. The highest BCUT2D eigenvalue weighted by molar-refractivity contribution is 6.21. The first-order valence-electron chi connectivity index (χ1n) is 24.1. The van der Waals surface area contributed by atoms with E-state index < -0.39 is 0 Å². The third kappa shape index (κ3) is 5.87. The maximum Gasteiger partial charge on any atom is 0.137 e. The van der Waals surface area contributed by atoms with Crippen LogP contribution in [-0.4, -0.2) is 0 Å². The molecule has 69 heavy (non-hydrogen) atoms. The second kappa shape index (κ2) is 14.6. The fraction of sp³-hybridized carbons (Fsp3) is 0.0909. The predicted molar refractivity (Wildman–Crippen MR) is 287 cm³/mol. The summed E-state index contributed by atoms with van der Waals surface area (Å²) in [6, 6.07) is 77.5. The molecule has 0 radical (unpaired) electrons. The lowest BCUT2D eigenvalue weighted by molar-refractivity contribution is 0.660. The summed E-state index contributed by atoms with van der Waals surface area (Å²) in [5.74, 6) is 0. The second-order valence-corrected chi connectivity index (χ2v) is 20.0. The first kappa shape index (κ1) is 39.7. The highest BCUT2D eigenvalue weighted by Crippen LogP contribution is 2.54. The Morgan fingerprint density at radius 1 is 0.304 bits per heavy atom. The Labute approximate surface area is 401 Å². The Kier molecular flexibility index (Phi) is 8.38. The molecule has 0 saturated heterocycles. The van der Waals surface area contributed by atoms with Crippen LogP contribution in [0.1, 0.15) is 49.9 Å². The highest BCUT2D eigenvalue weighted by atomic mass is 16.3. The van der Waals surface area contributed by atoms with Crippen molar-refractivity contribution in [3.8, 4) is 55.6 Å². The van der Waals surface area contributed by atoms with E-state index in [1.807, 2.05) is 0 Å². The lowest BCUT2D eigenvalue weighted by atomic mass is 9.82. The second-order valence-electron chi connectivity index (χ2n) is 20.0. The molecule has 0 fully saturated rings. The molecule has 0 atom stereocenters. The van der Waals surface area contributed by atoms with Crippen molar-refractivity contribution in [1.82, 2.24) is 0 Å². The normalized spacial score (nSPS) is 14.0. The lowest BCUT2D eigenvalue weighted by Crippen LogP contribution is -2.18. The zero-order valence-electron chi connectivity index (χ0n) is 39.0. The van der Waals surface area contributed by atoms with Crippen LogP contribution in [0.2, 0.25) is 0 Å². The quantitative estimate of drug-likeness (QED) is 0.167. The molecule has 14 rings (SSSR count). The van der Waals surface area contributed by atoms with Gasteiger partial charge in [-0.05, 0) is 151 Å². The molecule has 0 unspecified atom stereocenters. The molecule has 2 aliphatic carbocycles. The smallest absolute Gasteiger partial charge is 0.137 e. The summed E-state index contributed by atoms with van der Waals surface area (Å²) in [4.78, 5) is 2.46. The minimum absolute atomic E-state index is 0.165. The zero-order chi connectivity index (χ0) is 46.2. The minimum atomic E-state index is -0.165.